The molecule has 1 aliphatic carbocycles. The number of aromatic amines is 1. The van der Waals surface area contributed by atoms with Crippen LogP contribution in [-0.2, 0) is 21.5 Å². The summed E-state index contributed by atoms with van der Waals surface area (Å²) in [6, 6.07) is 8.04. The van der Waals surface area contributed by atoms with Crippen molar-refractivity contribution in [1.82, 2.24) is 14.3 Å². The molecular weight excluding hydrogens is 434 g/mol. The van der Waals surface area contributed by atoms with E-state index in [1.165, 1.54) is 29.7 Å². The molecule has 1 heterocycles. The molecule has 0 radical (unpaired) electrons. The molecule has 1 aromatic carbocycles. The van der Waals surface area contributed by atoms with Gasteiger partial charge in [-0.15, -0.1) is 0 Å². The fraction of sp³-hybridized carbons (Fsp3) is 0.455. The second-order valence-corrected chi connectivity index (χ2v) is 9.89. The van der Waals surface area contributed by atoms with Crippen LogP contribution in [-0.4, -0.2) is 36.9 Å². The Morgan fingerprint density at radius 2 is 2.09 bits per heavy atom. The highest BCUT2D eigenvalue weighted by Crippen LogP contribution is 2.30. The number of hydrogen-bond acceptors (Lipinski definition) is 6. The van der Waals surface area contributed by atoms with Crippen LogP contribution in [0.2, 0.25) is 0 Å². The Labute approximate surface area is 187 Å². The predicted molar refractivity (Wildman–Crippen MR) is 121 cm³/mol. The van der Waals surface area contributed by atoms with Gasteiger partial charge in [0, 0.05) is 18.9 Å². The summed E-state index contributed by atoms with van der Waals surface area (Å²) >= 11 is 0. The molecule has 174 valence electrons. The summed E-state index contributed by atoms with van der Waals surface area (Å²) in [7, 11) is -3.61. The molecule has 0 bridgehead atoms. The number of rotatable bonds is 13. The quantitative estimate of drug-likeness (QED) is 0.346. The van der Waals surface area contributed by atoms with Crippen LogP contribution in [0.25, 0.3) is 0 Å². The number of ether oxygens (including phenoxy) is 2. The van der Waals surface area contributed by atoms with Gasteiger partial charge in [-0.05, 0) is 49.8 Å². The van der Waals surface area contributed by atoms with Gasteiger partial charge in [-0.1, -0.05) is 24.3 Å². The Morgan fingerprint density at radius 1 is 1.31 bits per heavy atom. The molecule has 0 amide bonds. The van der Waals surface area contributed by atoms with Crippen LogP contribution in [0.3, 0.4) is 0 Å². The summed E-state index contributed by atoms with van der Waals surface area (Å²) in [6.45, 7) is 6.45. The first-order chi connectivity index (χ1) is 15.2. The number of nitrogens with zero attached hydrogens (tertiary/aromatic N) is 1. The molecule has 1 aromatic heterocycles. The van der Waals surface area contributed by atoms with Crippen molar-refractivity contribution < 1.29 is 17.9 Å². The number of hydrogen-bond donors (Lipinski definition) is 2. The second-order valence-electron chi connectivity index (χ2n) is 8.01. The van der Waals surface area contributed by atoms with Crippen LogP contribution in [0.15, 0.2) is 58.3 Å². The monoisotopic (exact) mass is 463 g/mol. The van der Waals surface area contributed by atoms with E-state index in [9.17, 15) is 18.0 Å². The normalized spacial score (nSPS) is 14.8. The molecule has 3 rings (SSSR count). The zero-order valence-electron chi connectivity index (χ0n) is 18.1. The van der Waals surface area contributed by atoms with Crippen molar-refractivity contribution in [1.29, 1.82) is 0 Å². The first-order valence-electron chi connectivity index (χ1n) is 10.5. The van der Waals surface area contributed by atoms with E-state index in [0.29, 0.717) is 23.8 Å². The first kappa shape index (κ1) is 24.0. The van der Waals surface area contributed by atoms with E-state index in [2.05, 4.69) is 16.3 Å². The molecule has 2 aromatic rings. The minimum atomic E-state index is -3.61. The van der Waals surface area contributed by atoms with Gasteiger partial charge in [-0.3, -0.25) is 14.3 Å². The molecule has 10 heteroatoms. The van der Waals surface area contributed by atoms with Crippen molar-refractivity contribution >= 4 is 10.0 Å². The summed E-state index contributed by atoms with van der Waals surface area (Å²) < 4.78 is 40.3. The molecule has 2 N–H and O–H groups in total. The Kier molecular flexibility index (Phi) is 8.05. The molecule has 1 saturated carbocycles. The number of benzene rings is 1. The lowest BCUT2D eigenvalue weighted by Crippen LogP contribution is -2.32. The third-order valence-electron chi connectivity index (χ3n) is 4.99. The molecule has 0 aliphatic heterocycles. The van der Waals surface area contributed by atoms with E-state index in [-0.39, 0.29) is 25.5 Å². The van der Waals surface area contributed by atoms with Crippen LogP contribution >= 0.6 is 0 Å². The van der Waals surface area contributed by atoms with Gasteiger partial charge in [0.1, 0.15) is 12.5 Å². The van der Waals surface area contributed by atoms with Crippen molar-refractivity contribution in [2.24, 2.45) is 5.92 Å². The standard InChI is InChI=1S/C22H29N3O6S/c1-16(2)21(18-5-3-6-19(13-18)31-14-17-7-8-17)24-32(28,29)12-4-11-30-15-25-10-9-20(26)23-22(25)27/h3,5-6,9-10,13,17,21,24H,1,4,7-8,11-12,14-15H2,2H3,(H,23,26,27). The molecule has 32 heavy (non-hydrogen) atoms. The van der Waals surface area contributed by atoms with Crippen molar-refractivity contribution in [2.45, 2.75) is 39.0 Å². The third-order valence-corrected chi connectivity index (χ3v) is 6.41. The van der Waals surface area contributed by atoms with Gasteiger partial charge in [0.05, 0.1) is 18.4 Å². The van der Waals surface area contributed by atoms with Gasteiger partial charge in [0.25, 0.3) is 5.56 Å². The van der Waals surface area contributed by atoms with Crippen LogP contribution in [0, 0.1) is 5.92 Å². The maximum atomic E-state index is 12.6. The molecule has 0 saturated heterocycles. The minimum Gasteiger partial charge on any atom is -0.493 e. The average Bonchev–Trinajstić information content (AvgIpc) is 3.56. The summed E-state index contributed by atoms with van der Waals surface area (Å²) in [6.07, 6.45) is 3.94. The van der Waals surface area contributed by atoms with Gasteiger partial charge in [0.15, 0.2) is 0 Å². The maximum Gasteiger partial charge on any atom is 0.330 e. The van der Waals surface area contributed by atoms with Crippen LogP contribution in [0.5, 0.6) is 5.75 Å². The molecule has 1 fully saturated rings. The van der Waals surface area contributed by atoms with Gasteiger partial charge in [-0.25, -0.2) is 17.9 Å². The Hall–Kier alpha value is -2.69. The summed E-state index contributed by atoms with van der Waals surface area (Å²) in [5, 5.41) is 0. The first-order valence-corrected chi connectivity index (χ1v) is 12.1. The minimum absolute atomic E-state index is 0.0782. The van der Waals surface area contributed by atoms with E-state index in [4.69, 9.17) is 9.47 Å². The Morgan fingerprint density at radius 3 is 2.78 bits per heavy atom. The molecule has 1 atom stereocenters. The van der Waals surface area contributed by atoms with Crippen molar-refractivity contribution in [3.05, 3.63) is 75.1 Å². The molecular formula is C22H29N3O6S. The lowest BCUT2D eigenvalue weighted by atomic mass is 10.0. The van der Waals surface area contributed by atoms with Crippen LogP contribution < -0.4 is 20.7 Å². The summed E-state index contributed by atoms with van der Waals surface area (Å²) in [5.74, 6) is 1.19. The largest absolute Gasteiger partial charge is 0.493 e. The number of sulfonamides is 1. The average molecular weight is 464 g/mol. The lowest BCUT2D eigenvalue weighted by molar-refractivity contribution is 0.0744. The van der Waals surface area contributed by atoms with E-state index in [1.807, 2.05) is 24.3 Å². The van der Waals surface area contributed by atoms with Gasteiger partial charge in [-0.2, -0.15) is 0 Å². The predicted octanol–water partition coefficient (Wildman–Crippen LogP) is 1.93. The fourth-order valence-corrected chi connectivity index (χ4v) is 4.35. The third kappa shape index (κ3) is 7.47. The topological polar surface area (TPSA) is 119 Å². The molecule has 1 aliphatic rings. The number of H-pyrrole nitrogens is 1. The van der Waals surface area contributed by atoms with Gasteiger partial charge in [0.2, 0.25) is 10.0 Å². The highest BCUT2D eigenvalue weighted by molar-refractivity contribution is 7.89. The fourth-order valence-electron chi connectivity index (χ4n) is 3.03. The van der Waals surface area contributed by atoms with Crippen LogP contribution in [0.4, 0.5) is 0 Å². The number of aromatic nitrogens is 2. The Bertz CT molecular complexity index is 1150. The van der Waals surface area contributed by atoms with E-state index in [0.717, 1.165) is 5.56 Å². The van der Waals surface area contributed by atoms with Gasteiger partial charge >= 0.3 is 5.69 Å². The molecule has 0 spiro atoms. The number of nitrogens with one attached hydrogen (secondary N) is 2. The van der Waals surface area contributed by atoms with Crippen molar-refractivity contribution in [2.75, 3.05) is 19.0 Å². The van der Waals surface area contributed by atoms with E-state index < -0.39 is 27.3 Å². The smallest absolute Gasteiger partial charge is 0.330 e. The van der Waals surface area contributed by atoms with Crippen molar-refractivity contribution in [3.63, 3.8) is 0 Å². The second kappa shape index (κ2) is 10.8. The lowest BCUT2D eigenvalue weighted by Gasteiger charge is -2.20. The van der Waals surface area contributed by atoms with Crippen molar-refractivity contribution in [3.8, 4) is 5.75 Å². The Balaban J connectivity index is 1.51. The SMILES string of the molecule is C=C(C)C(NS(=O)(=O)CCCOCn1ccc(=O)[nH]c1=O)c1cccc(OCC2CC2)c1. The zero-order valence-corrected chi connectivity index (χ0v) is 18.9. The molecule has 9 nitrogen and oxygen atoms in total. The zero-order chi connectivity index (χ0) is 23.1. The summed E-state index contributed by atoms with van der Waals surface area (Å²) in [4.78, 5) is 24.8. The highest BCUT2D eigenvalue weighted by Gasteiger charge is 2.23. The summed E-state index contributed by atoms with van der Waals surface area (Å²) in [5.41, 5.74) is 0.361. The van der Waals surface area contributed by atoms with Gasteiger partial charge < -0.3 is 9.47 Å². The van der Waals surface area contributed by atoms with E-state index in [1.54, 1.807) is 6.92 Å². The maximum absolute atomic E-state index is 12.6. The van der Waals surface area contributed by atoms with E-state index >= 15 is 0 Å². The highest BCUT2D eigenvalue weighted by atomic mass is 32.2. The van der Waals surface area contributed by atoms with Crippen LogP contribution in [0.1, 0.15) is 37.8 Å². The molecule has 1 unspecified atom stereocenters.